The van der Waals surface area contributed by atoms with E-state index in [0.29, 0.717) is 0 Å². The summed E-state index contributed by atoms with van der Waals surface area (Å²) in [5, 5.41) is 8.53. The van der Waals surface area contributed by atoms with Gasteiger partial charge in [-0.05, 0) is 63.7 Å². The first-order chi connectivity index (χ1) is 9.74. The van der Waals surface area contributed by atoms with Crippen molar-refractivity contribution in [3.05, 3.63) is 71.6 Å². The van der Waals surface area contributed by atoms with Gasteiger partial charge in [-0.25, -0.2) is 0 Å². The fourth-order valence-electron chi connectivity index (χ4n) is 1.96. The third-order valence-corrected chi connectivity index (χ3v) is 5.74. The third-order valence-electron chi connectivity index (χ3n) is 2.89. The molecule has 0 saturated carbocycles. The van der Waals surface area contributed by atoms with Crippen molar-refractivity contribution < 1.29 is 0 Å². The minimum Gasteiger partial charge on any atom is -0.372 e. The molecule has 1 nitrogen and oxygen atoms in total. The zero-order chi connectivity index (χ0) is 13.9. The number of anilines is 1. The van der Waals surface area contributed by atoms with Gasteiger partial charge in [0.05, 0.1) is 16.8 Å². The number of benzene rings is 1. The van der Waals surface area contributed by atoms with Crippen LogP contribution < -0.4 is 5.32 Å². The van der Waals surface area contributed by atoms with Crippen molar-refractivity contribution in [2.45, 2.75) is 6.04 Å². The van der Waals surface area contributed by atoms with E-state index in [9.17, 15) is 0 Å². The highest BCUT2D eigenvalue weighted by Gasteiger charge is 2.17. The maximum atomic E-state index is 6.34. The second-order valence-electron chi connectivity index (χ2n) is 4.23. The quantitative estimate of drug-likeness (QED) is 0.480. The van der Waals surface area contributed by atoms with Crippen LogP contribution in [-0.2, 0) is 0 Å². The van der Waals surface area contributed by atoms with Gasteiger partial charge >= 0.3 is 0 Å². The molecule has 3 aromatic rings. The molecular formula is C15H11ClINS2. The van der Waals surface area contributed by atoms with Crippen molar-refractivity contribution in [2.24, 2.45) is 0 Å². The number of hydrogen-bond donors (Lipinski definition) is 1. The summed E-state index contributed by atoms with van der Waals surface area (Å²) in [6.45, 7) is 0. The molecule has 0 aliphatic carbocycles. The lowest BCUT2D eigenvalue weighted by Crippen LogP contribution is -2.09. The highest BCUT2D eigenvalue weighted by Crippen LogP contribution is 2.34. The van der Waals surface area contributed by atoms with Crippen LogP contribution in [-0.4, -0.2) is 0 Å². The fraction of sp³-hybridized carbons (Fsp3) is 0.0667. The summed E-state index contributed by atoms with van der Waals surface area (Å²) in [6.07, 6.45) is 0. The molecular weight excluding hydrogens is 421 g/mol. The Labute approximate surface area is 144 Å². The molecule has 0 saturated heterocycles. The van der Waals surface area contributed by atoms with Crippen LogP contribution in [0.1, 0.15) is 15.8 Å². The Morgan fingerprint density at radius 2 is 1.65 bits per heavy atom. The molecule has 0 bridgehead atoms. The standard InChI is InChI=1S/C15H11ClINS2/c16-11-9-10(17)5-6-12(11)18-15(13-3-1-7-19-13)14-4-2-8-20-14/h1-9,15,18H. The predicted octanol–water partition coefficient (Wildman–Crippen LogP) is 6.27. The van der Waals surface area contributed by atoms with Gasteiger partial charge in [0.25, 0.3) is 0 Å². The Kier molecular flexibility index (Phi) is 4.65. The summed E-state index contributed by atoms with van der Waals surface area (Å²) in [5.74, 6) is 0. The molecule has 0 unspecified atom stereocenters. The van der Waals surface area contributed by atoms with Gasteiger partial charge in [0.2, 0.25) is 0 Å². The van der Waals surface area contributed by atoms with E-state index in [1.807, 2.05) is 12.1 Å². The van der Waals surface area contributed by atoms with Crippen LogP contribution in [0.2, 0.25) is 5.02 Å². The van der Waals surface area contributed by atoms with Crippen LogP contribution in [0.25, 0.3) is 0 Å². The van der Waals surface area contributed by atoms with Crippen LogP contribution in [0.15, 0.2) is 53.2 Å². The molecule has 0 radical (unpaired) electrons. The van der Waals surface area contributed by atoms with E-state index < -0.39 is 0 Å². The lowest BCUT2D eigenvalue weighted by atomic mass is 10.2. The van der Waals surface area contributed by atoms with Crippen LogP contribution in [0, 0.1) is 3.57 Å². The molecule has 1 N–H and O–H groups in total. The summed E-state index contributed by atoms with van der Waals surface area (Å²) in [7, 11) is 0. The molecule has 0 fully saturated rings. The van der Waals surface area contributed by atoms with Crippen molar-refractivity contribution in [1.29, 1.82) is 0 Å². The predicted molar refractivity (Wildman–Crippen MR) is 98.3 cm³/mol. The van der Waals surface area contributed by atoms with E-state index in [2.05, 4.69) is 69.0 Å². The van der Waals surface area contributed by atoms with E-state index in [-0.39, 0.29) is 6.04 Å². The summed E-state index contributed by atoms with van der Waals surface area (Å²) in [4.78, 5) is 2.59. The van der Waals surface area contributed by atoms with Crippen LogP contribution >= 0.6 is 56.9 Å². The Morgan fingerprint density at radius 1 is 1.00 bits per heavy atom. The largest absolute Gasteiger partial charge is 0.372 e. The first kappa shape index (κ1) is 14.4. The van der Waals surface area contributed by atoms with Crippen molar-refractivity contribution in [2.75, 3.05) is 5.32 Å². The van der Waals surface area contributed by atoms with E-state index in [0.717, 1.165) is 14.3 Å². The molecule has 2 aromatic heterocycles. The Hall–Kier alpha value is -0.560. The summed E-state index contributed by atoms with van der Waals surface area (Å²) < 4.78 is 1.14. The number of hydrogen-bond acceptors (Lipinski definition) is 3. The van der Waals surface area contributed by atoms with Crippen molar-refractivity contribution >= 4 is 62.6 Å². The average molecular weight is 432 g/mol. The number of rotatable bonds is 4. The normalized spacial score (nSPS) is 10.9. The molecule has 1 aromatic carbocycles. The highest BCUT2D eigenvalue weighted by molar-refractivity contribution is 14.1. The molecule has 0 amide bonds. The van der Waals surface area contributed by atoms with E-state index in [4.69, 9.17) is 11.6 Å². The Morgan fingerprint density at radius 3 is 2.15 bits per heavy atom. The first-order valence-corrected chi connectivity index (χ1v) is 9.24. The monoisotopic (exact) mass is 431 g/mol. The molecule has 0 spiro atoms. The zero-order valence-electron chi connectivity index (χ0n) is 10.3. The molecule has 0 aliphatic heterocycles. The van der Waals surface area contributed by atoms with E-state index >= 15 is 0 Å². The van der Waals surface area contributed by atoms with Crippen LogP contribution in [0.4, 0.5) is 5.69 Å². The van der Waals surface area contributed by atoms with Gasteiger partial charge in [-0.3, -0.25) is 0 Å². The maximum Gasteiger partial charge on any atom is 0.0953 e. The molecule has 102 valence electrons. The topological polar surface area (TPSA) is 12.0 Å². The maximum absolute atomic E-state index is 6.34. The van der Waals surface area contributed by atoms with Gasteiger partial charge < -0.3 is 5.32 Å². The molecule has 20 heavy (non-hydrogen) atoms. The van der Waals surface area contributed by atoms with Gasteiger partial charge in [-0.1, -0.05) is 23.7 Å². The van der Waals surface area contributed by atoms with Crippen LogP contribution in [0.3, 0.4) is 0 Å². The number of thiophene rings is 2. The molecule has 3 rings (SSSR count). The molecule has 0 aliphatic rings. The number of halogens is 2. The highest BCUT2D eigenvalue weighted by atomic mass is 127. The van der Waals surface area contributed by atoms with Crippen molar-refractivity contribution in [1.82, 2.24) is 0 Å². The second kappa shape index (κ2) is 6.47. The van der Waals surface area contributed by atoms with Crippen molar-refractivity contribution in [3.8, 4) is 0 Å². The average Bonchev–Trinajstić information content (AvgIpc) is 3.11. The minimum atomic E-state index is 0.160. The number of nitrogens with one attached hydrogen (secondary N) is 1. The second-order valence-corrected chi connectivity index (χ2v) is 7.84. The zero-order valence-corrected chi connectivity index (χ0v) is 14.9. The van der Waals surface area contributed by atoms with Gasteiger partial charge in [-0.2, -0.15) is 0 Å². The lowest BCUT2D eigenvalue weighted by molar-refractivity contribution is 0.993. The molecule has 2 heterocycles. The first-order valence-electron chi connectivity index (χ1n) is 6.02. The minimum absolute atomic E-state index is 0.160. The molecule has 5 heteroatoms. The summed E-state index contributed by atoms with van der Waals surface area (Å²) in [5.41, 5.74) is 0.971. The van der Waals surface area contributed by atoms with Gasteiger partial charge in [-0.15, -0.1) is 22.7 Å². The Bertz CT molecular complexity index is 646. The van der Waals surface area contributed by atoms with Crippen LogP contribution in [0.5, 0.6) is 0 Å². The van der Waals surface area contributed by atoms with Crippen molar-refractivity contribution in [3.63, 3.8) is 0 Å². The lowest BCUT2D eigenvalue weighted by Gasteiger charge is -2.18. The summed E-state index contributed by atoms with van der Waals surface area (Å²) >= 11 is 12.1. The van der Waals surface area contributed by atoms with Gasteiger partial charge in [0, 0.05) is 13.3 Å². The summed E-state index contributed by atoms with van der Waals surface area (Å²) in [6, 6.07) is 14.7. The Balaban J connectivity index is 1.95. The van der Waals surface area contributed by atoms with E-state index in [1.165, 1.54) is 9.75 Å². The van der Waals surface area contributed by atoms with Gasteiger partial charge in [0.1, 0.15) is 0 Å². The fourth-order valence-corrected chi connectivity index (χ4v) is 4.53. The smallest absolute Gasteiger partial charge is 0.0953 e. The SMILES string of the molecule is Clc1cc(I)ccc1NC(c1cccs1)c1cccs1. The third kappa shape index (κ3) is 3.19. The van der Waals surface area contributed by atoms with E-state index in [1.54, 1.807) is 22.7 Å². The molecule has 0 atom stereocenters. The van der Waals surface area contributed by atoms with Gasteiger partial charge in [0.15, 0.2) is 0 Å².